The predicted molar refractivity (Wildman–Crippen MR) is 87.5 cm³/mol. The number of piperidine rings is 1. The van der Waals surface area contributed by atoms with Crippen molar-refractivity contribution in [2.45, 2.75) is 58.5 Å². The van der Waals surface area contributed by atoms with Gasteiger partial charge < -0.3 is 10.2 Å². The molecule has 1 atom stereocenters. The Hall–Kier alpha value is -0.450. The van der Waals surface area contributed by atoms with Gasteiger partial charge in [0.15, 0.2) is 0 Å². The molecule has 1 saturated heterocycles. The van der Waals surface area contributed by atoms with Crippen LogP contribution in [0.25, 0.3) is 0 Å². The summed E-state index contributed by atoms with van der Waals surface area (Å²) in [5.41, 5.74) is 1.26. The highest BCUT2D eigenvalue weighted by atomic mass is 32.1. The third-order valence-corrected chi connectivity index (χ3v) is 5.37. The van der Waals surface area contributed by atoms with E-state index in [9.17, 15) is 0 Å². The second-order valence-corrected chi connectivity index (χ2v) is 7.35. The topological polar surface area (TPSA) is 28.2 Å². The summed E-state index contributed by atoms with van der Waals surface area (Å²) in [6, 6.07) is 1.21. The largest absolute Gasteiger partial charge is 0.317 e. The SMILES string of the molecule is CNC(C)Cc1csc(CC2CCN(C(C)C)CC2)n1. The molecule has 0 aromatic carbocycles. The average Bonchev–Trinajstić information content (AvgIpc) is 2.86. The lowest BCUT2D eigenvalue weighted by Gasteiger charge is -2.34. The van der Waals surface area contributed by atoms with Gasteiger partial charge in [-0.3, -0.25) is 0 Å². The molecule has 0 radical (unpaired) electrons. The number of likely N-dealkylation sites (tertiary alicyclic amines) is 1. The van der Waals surface area contributed by atoms with Crippen LogP contribution in [-0.4, -0.2) is 42.1 Å². The van der Waals surface area contributed by atoms with E-state index in [1.54, 1.807) is 0 Å². The van der Waals surface area contributed by atoms with Crippen LogP contribution in [0.3, 0.4) is 0 Å². The van der Waals surface area contributed by atoms with Crippen LogP contribution in [0.1, 0.15) is 44.3 Å². The van der Waals surface area contributed by atoms with Crippen molar-refractivity contribution in [2.24, 2.45) is 5.92 Å². The summed E-state index contributed by atoms with van der Waals surface area (Å²) in [4.78, 5) is 7.41. The number of aromatic nitrogens is 1. The minimum atomic E-state index is 0.513. The van der Waals surface area contributed by atoms with E-state index < -0.39 is 0 Å². The van der Waals surface area contributed by atoms with Crippen LogP contribution in [-0.2, 0) is 12.8 Å². The van der Waals surface area contributed by atoms with Crippen LogP contribution < -0.4 is 5.32 Å². The molecule has 3 nitrogen and oxygen atoms in total. The molecule has 2 heterocycles. The van der Waals surface area contributed by atoms with Gasteiger partial charge in [-0.25, -0.2) is 4.98 Å². The lowest BCUT2D eigenvalue weighted by molar-refractivity contribution is 0.149. The van der Waals surface area contributed by atoms with Crippen molar-refractivity contribution in [3.8, 4) is 0 Å². The molecule has 1 aliphatic heterocycles. The molecule has 1 unspecified atom stereocenters. The minimum Gasteiger partial charge on any atom is -0.317 e. The zero-order chi connectivity index (χ0) is 14.5. The molecular weight excluding hydrogens is 266 g/mol. The maximum atomic E-state index is 4.81. The molecule has 0 bridgehead atoms. The van der Waals surface area contributed by atoms with E-state index in [0.29, 0.717) is 12.1 Å². The van der Waals surface area contributed by atoms with Gasteiger partial charge in [0.1, 0.15) is 0 Å². The van der Waals surface area contributed by atoms with Crippen molar-refractivity contribution in [1.29, 1.82) is 0 Å². The van der Waals surface area contributed by atoms with Crippen molar-refractivity contribution in [3.63, 3.8) is 0 Å². The number of thiazole rings is 1. The van der Waals surface area contributed by atoms with Crippen LogP contribution in [0.2, 0.25) is 0 Å². The predicted octanol–water partition coefficient (Wildman–Crippen LogP) is 2.96. The summed E-state index contributed by atoms with van der Waals surface area (Å²) < 4.78 is 0. The number of likely N-dealkylation sites (N-methyl/N-ethyl adjacent to an activating group) is 1. The highest BCUT2D eigenvalue weighted by Crippen LogP contribution is 2.24. The highest BCUT2D eigenvalue weighted by molar-refractivity contribution is 7.09. The van der Waals surface area contributed by atoms with Crippen molar-refractivity contribution in [1.82, 2.24) is 15.2 Å². The zero-order valence-electron chi connectivity index (χ0n) is 13.4. The molecule has 20 heavy (non-hydrogen) atoms. The van der Waals surface area contributed by atoms with Gasteiger partial charge in [0, 0.05) is 30.3 Å². The molecular formula is C16H29N3S. The maximum Gasteiger partial charge on any atom is 0.0931 e. The molecule has 1 aromatic rings. The Kier molecular flexibility index (Phi) is 6.00. The standard InChI is InChI=1S/C16H29N3S/c1-12(2)19-7-5-14(6-8-19)10-16-18-15(11-20-16)9-13(3)17-4/h11-14,17H,5-10H2,1-4H3. The van der Waals surface area contributed by atoms with Gasteiger partial charge in [0.2, 0.25) is 0 Å². The third-order valence-electron chi connectivity index (χ3n) is 4.45. The number of nitrogens with zero attached hydrogens (tertiary/aromatic N) is 2. The third kappa shape index (κ3) is 4.54. The monoisotopic (exact) mass is 295 g/mol. The van der Waals surface area contributed by atoms with Crippen molar-refractivity contribution >= 4 is 11.3 Å². The summed E-state index contributed by atoms with van der Waals surface area (Å²) in [7, 11) is 2.01. The van der Waals surface area contributed by atoms with Gasteiger partial charge in [-0.2, -0.15) is 0 Å². The molecule has 1 aromatic heterocycles. The molecule has 0 aliphatic carbocycles. The molecule has 1 aliphatic rings. The van der Waals surface area contributed by atoms with Crippen LogP contribution in [0.5, 0.6) is 0 Å². The quantitative estimate of drug-likeness (QED) is 0.874. The van der Waals surface area contributed by atoms with Crippen molar-refractivity contribution in [2.75, 3.05) is 20.1 Å². The van der Waals surface area contributed by atoms with Gasteiger partial charge in [0.05, 0.1) is 10.7 Å². The van der Waals surface area contributed by atoms with Crippen LogP contribution >= 0.6 is 11.3 Å². The Morgan fingerprint density at radius 1 is 1.35 bits per heavy atom. The van der Waals surface area contributed by atoms with Crippen molar-refractivity contribution in [3.05, 3.63) is 16.1 Å². The van der Waals surface area contributed by atoms with Gasteiger partial charge in [-0.1, -0.05) is 0 Å². The molecule has 0 amide bonds. The van der Waals surface area contributed by atoms with E-state index in [1.807, 2.05) is 18.4 Å². The lowest BCUT2D eigenvalue weighted by atomic mass is 9.93. The summed E-state index contributed by atoms with van der Waals surface area (Å²) in [6.45, 7) is 9.34. The Morgan fingerprint density at radius 2 is 2.05 bits per heavy atom. The Bertz CT molecular complexity index is 394. The number of nitrogens with one attached hydrogen (secondary N) is 1. The van der Waals surface area contributed by atoms with Crippen LogP contribution in [0, 0.1) is 5.92 Å². The second-order valence-electron chi connectivity index (χ2n) is 6.40. The van der Waals surface area contributed by atoms with Crippen LogP contribution in [0.4, 0.5) is 0 Å². The highest BCUT2D eigenvalue weighted by Gasteiger charge is 2.21. The van der Waals surface area contributed by atoms with E-state index in [-0.39, 0.29) is 0 Å². The van der Waals surface area contributed by atoms with E-state index in [2.05, 4.69) is 36.4 Å². The van der Waals surface area contributed by atoms with E-state index in [0.717, 1.165) is 12.3 Å². The van der Waals surface area contributed by atoms with Gasteiger partial charge in [-0.15, -0.1) is 11.3 Å². The van der Waals surface area contributed by atoms with Gasteiger partial charge in [0.25, 0.3) is 0 Å². The van der Waals surface area contributed by atoms with Gasteiger partial charge >= 0.3 is 0 Å². The summed E-state index contributed by atoms with van der Waals surface area (Å²) >= 11 is 1.85. The lowest BCUT2D eigenvalue weighted by Crippen LogP contribution is -2.38. The molecule has 1 fully saturated rings. The fraction of sp³-hybridized carbons (Fsp3) is 0.812. The van der Waals surface area contributed by atoms with E-state index in [4.69, 9.17) is 4.98 Å². The minimum absolute atomic E-state index is 0.513. The summed E-state index contributed by atoms with van der Waals surface area (Å²) in [5.74, 6) is 0.839. The number of hydrogen-bond donors (Lipinski definition) is 1. The zero-order valence-corrected chi connectivity index (χ0v) is 14.2. The molecule has 0 saturated carbocycles. The normalized spacial score (nSPS) is 19.6. The molecule has 4 heteroatoms. The number of rotatable bonds is 6. The van der Waals surface area contributed by atoms with Crippen molar-refractivity contribution < 1.29 is 0 Å². The maximum absolute atomic E-state index is 4.81. The fourth-order valence-electron chi connectivity index (χ4n) is 2.87. The van der Waals surface area contributed by atoms with E-state index >= 15 is 0 Å². The first-order valence-corrected chi connectivity index (χ1v) is 8.81. The molecule has 2 rings (SSSR count). The molecule has 114 valence electrons. The second kappa shape index (κ2) is 7.53. The smallest absolute Gasteiger partial charge is 0.0931 e. The van der Waals surface area contributed by atoms with Crippen LogP contribution in [0.15, 0.2) is 5.38 Å². The number of hydrogen-bond acceptors (Lipinski definition) is 4. The first-order chi connectivity index (χ1) is 9.58. The average molecular weight is 295 g/mol. The summed E-state index contributed by atoms with van der Waals surface area (Å²) in [5, 5.41) is 6.86. The molecule has 0 spiro atoms. The van der Waals surface area contributed by atoms with E-state index in [1.165, 1.54) is 43.1 Å². The fourth-order valence-corrected chi connectivity index (χ4v) is 3.80. The first-order valence-electron chi connectivity index (χ1n) is 7.93. The molecule has 1 N–H and O–H groups in total. The summed E-state index contributed by atoms with van der Waals surface area (Å²) in [6.07, 6.45) is 4.89. The Balaban J connectivity index is 1.80. The Morgan fingerprint density at radius 3 is 2.65 bits per heavy atom. The first kappa shape index (κ1) is 15.9. The van der Waals surface area contributed by atoms with Gasteiger partial charge in [-0.05, 0) is 59.7 Å². The Labute approximate surface area is 127 Å².